The van der Waals surface area contributed by atoms with E-state index < -0.39 is 38.6 Å². The van der Waals surface area contributed by atoms with E-state index in [0.717, 1.165) is 12.1 Å². The van der Waals surface area contributed by atoms with Gasteiger partial charge in [0, 0.05) is 0 Å². The van der Waals surface area contributed by atoms with E-state index in [0.29, 0.717) is 5.75 Å². The molecule has 2 rings (SSSR count). The molecule has 1 N–H and O–H groups in total. The number of hydrogen-bond acceptors (Lipinski definition) is 5. The summed E-state index contributed by atoms with van der Waals surface area (Å²) in [6, 6.07) is 8.88. The molecule has 0 fully saturated rings. The SMILES string of the molecule is C[C@H](NS(=O)(=O)c1ccccc1F)C(=O)OCCOc1ccc(F)cc1. The Morgan fingerprint density at radius 2 is 1.73 bits per heavy atom. The second kappa shape index (κ2) is 8.72. The van der Waals surface area contributed by atoms with Crippen molar-refractivity contribution >= 4 is 16.0 Å². The molecular formula is C17H17F2NO5S. The highest BCUT2D eigenvalue weighted by Gasteiger charge is 2.25. The number of sulfonamides is 1. The first kappa shape index (κ1) is 19.8. The number of rotatable bonds is 8. The fourth-order valence-electron chi connectivity index (χ4n) is 1.96. The number of nitrogens with one attached hydrogen (secondary N) is 1. The maximum atomic E-state index is 13.6. The minimum absolute atomic E-state index is 0.00412. The molecule has 0 bridgehead atoms. The van der Waals surface area contributed by atoms with Crippen LogP contribution in [0.4, 0.5) is 8.78 Å². The van der Waals surface area contributed by atoms with Crippen molar-refractivity contribution in [1.82, 2.24) is 4.72 Å². The molecule has 1 atom stereocenters. The van der Waals surface area contributed by atoms with Crippen LogP contribution in [0.3, 0.4) is 0 Å². The first-order valence-electron chi connectivity index (χ1n) is 7.61. The predicted octanol–water partition coefficient (Wildman–Crippen LogP) is 2.25. The molecular weight excluding hydrogens is 368 g/mol. The van der Waals surface area contributed by atoms with Crippen molar-refractivity contribution in [2.45, 2.75) is 17.9 Å². The van der Waals surface area contributed by atoms with Gasteiger partial charge in [-0.15, -0.1) is 0 Å². The summed E-state index contributed by atoms with van der Waals surface area (Å²) < 4.78 is 62.7. The molecule has 0 aliphatic heterocycles. The van der Waals surface area contributed by atoms with Crippen LogP contribution in [0.1, 0.15) is 6.92 Å². The third-order valence-electron chi connectivity index (χ3n) is 3.22. The van der Waals surface area contributed by atoms with Crippen molar-refractivity contribution in [1.29, 1.82) is 0 Å². The second-order valence-corrected chi connectivity index (χ2v) is 6.93. The maximum absolute atomic E-state index is 13.6. The van der Waals surface area contributed by atoms with Gasteiger partial charge in [0.15, 0.2) is 0 Å². The van der Waals surface area contributed by atoms with Crippen LogP contribution >= 0.6 is 0 Å². The molecule has 2 aromatic carbocycles. The third-order valence-corrected chi connectivity index (χ3v) is 4.80. The van der Waals surface area contributed by atoms with Gasteiger partial charge < -0.3 is 9.47 Å². The van der Waals surface area contributed by atoms with E-state index in [-0.39, 0.29) is 13.2 Å². The summed E-state index contributed by atoms with van der Waals surface area (Å²) >= 11 is 0. The van der Waals surface area contributed by atoms with Crippen LogP contribution < -0.4 is 9.46 Å². The summed E-state index contributed by atoms with van der Waals surface area (Å²) in [5, 5.41) is 0. The number of benzene rings is 2. The van der Waals surface area contributed by atoms with Crippen LogP contribution in [-0.2, 0) is 19.6 Å². The van der Waals surface area contributed by atoms with E-state index in [2.05, 4.69) is 4.72 Å². The molecule has 9 heteroatoms. The van der Waals surface area contributed by atoms with Crippen molar-refractivity contribution in [3.05, 3.63) is 60.2 Å². The van der Waals surface area contributed by atoms with Crippen LogP contribution in [0.15, 0.2) is 53.4 Å². The Hall–Kier alpha value is -2.52. The van der Waals surface area contributed by atoms with Crippen molar-refractivity contribution in [2.24, 2.45) is 0 Å². The molecule has 0 unspecified atom stereocenters. The fraction of sp³-hybridized carbons (Fsp3) is 0.235. The lowest BCUT2D eigenvalue weighted by molar-refractivity contribution is -0.145. The standard InChI is InChI=1S/C17H17F2NO5S/c1-12(20-26(22,23)16-5-3-2-4-15(16)19)17(21)25-11-10-24-14-8-6-13(18)7-9-14/h2-9,12,20H,10-11H2,1H3/t12-/m0/s1. The minimum atomic E-state index is -4.21. The van der Waals surface area contributed by atoms with E-state index in [1.165, 1.54) is 43.3 Å². The lowest BCUT2D eigenvalue weighted by Gasteiger charge is -2.14. The molecule has 0 spiro atoms. The number of hydrogen-bond donors (Lipinski definition) is 1. The van der Waals surface area contributed by atoms with Crippen molar-refractivity contribution in [3.63, 3.8) is 0 Å². The van der Waals surface area contributed by atoms with E-state index in [1.807, 2.05) is 0 Å². The van der Waals surface area contributed by atoms with Gasteiger partial charge in [0.1, 0.15) is 41.5 Å². The Kier molecular flexibility index (Phi) is 6.64. The Labute approximate surface area is 149 Å². The molecule has 0 aliphatic rings. The normalized spacial score (nSPS) is 12.4. The van der Waals surface area contributed by atoms with E-state index in [4.69, 9.17) is 9.47 Å². The van der Waals surface area contributed by atoms with Gasteiger partial charge >= 0.3 is 5.97 Å². The van der Waals surface area contributed by atoms with E-state index in [9.17, 15) is 22.0 Å². The van der Waals surface area contributed by atoms with Gasteiger partial charge in [-0.3, -0.25) is 4.79 Å². The molecule has 0 amide bonds. The zero-order valence-electron chi connectivity index (χ0n) is 13.8. The average molecular weight is 385 g/mol. The summed E-state index contributed by atoms with van der Waals surface area (Å²) in [5.41, 5.74) is 0. The van der Waals surface area contributed by atoms with Crippen LogP contribution in [-0.4, -0.2) is 33.6 Å². The van der Waals surface area contributed by atoms with Gasteiger partial charge in [-0.1, -0.05) is 12.1 Å². The number of ether oxygens (including phenoxy) is 2. The topological polar surface area (TPSA) is 81.7 Å². The Bertz CT molecular complexity index is 856. The van der Waals surface area contributed by atoms with Crippen LogP contribution in [0, 0.1) is 11.6 Å². The molecule has 2 aromatic rings. The molecule has 0 saturated heterocycles. The predicted molar refractivity (Wildman–Crippen MR) is 89.0 cm³/mol. The quantitative estimate of drug-likeness (QED) is 0.557. The van der Waals surface area contributed by atoms with Crippen LogP contribution in [0.5, 0.6) is 5.75 Å². The van der Waals surface area contributed by atoms with Gasteiger partial charge in [-0.05, 0) is 43.3 Å². The zero-order valence-corrected chi connectivity index (χ0v) is 14.6. The first-order chi connectivity index (χ1) is 12.3. The van der Waals surface area contributed by atoms with Gasteiger partial charge in [-0.2, -0.15) is 4.72 Å². The first-order valence-corrected chi connectivity index (χ1v) is 9.10. The van der Waals surface area contributed by atoms with E-state index >= 15 is 0 Å². The molecule has 26 heavy (non-hydrogen) atoms. The molecule has 140 valence electrons. The van der Waals surface area contributed by atoms with Gasteiger partial charge in [0.2, 0.25) is 10.0 Å². The molecule has 0 aliphatic carbocycles. The zero-order chi connectivity index (χ0) is 19.2. The lowest BCUT2D eigenvalue weighted by Crippen LogP contribution is -2.40. The number of halogens is 2. The highest BCUT2D eigenvalue weighted by Crippen LogP contribution is 2.14. The van der Waals surface area contributed by atoms with Gasteiger partial charge in [0.25, 0.3) is 0 Å². The van der Waals surface area contributed by atoms with Crippen molar-refractivity contribution in [2.75, 3.05) is 13.2 Å². The monoisotopic (exact) mass is 385 g/mol. The summed E-state index contributed by atoms with van der Waals surface area (Å²) in [4.78, 5) is 11.3. The van der Waals surface area contributed by atoms with Crippen LogP contribution in [0.25, 0.3) is 0 Å². The highest BCUT2D eigenvalue weighted by molar-refractivity contribution is 7.89. The van der Waals surface area contributed by atoms with Crippen LogP contribution in [0.2, 0.25) is 0 Å². The highest BCUT2D eigenvalue weighted by atomic mass is 32.2. The fourth-order valence-corrected chi connectivity index (χ4v) is 3.24. The Morgan fingerprint density at radius 1 is 1.08 bits per heavy atom. The minimum Gasteiger partial charge on any atom is -0.490 e. The summed E-state index contributed by atoms with van der Waals surface area (Å²) in [6.07, 6.45) is 0. The lowest BCUT2D eigenvalue weighted by atomic mass is 10.3. The maximum Gasteiger partial charge on any atom is 0.324 e. The van der Waals surface area contributed by atoms with Gasteiger partial charge in [-0.25, -0.2) is 17.2 Å². The van der Waals surface area contributed by atoms with Crippen molar-refractivity contribution < 1.29 is 31.5 Å². The molecule has 0 radical (unpaired) electrons. The number of esters is 1. The summed E-state index contributed by atoms with van der Waals surface area (Å²) in [5.74, 6) is -1.77. The van der Waals surface area contributed by atoms with E-state index in [1.54, 1.807) is 0 Å². The molecule has 0 heterocycles. The van der Waals surface area contributed by atoms with Gasteiger partial charge in [0.05, 0.1) is 0 Å². The smallest absolute Gasteiger partial charge is 0.324 e. The average Bonchev–Trinajstić information content (AvgIpc) is 2.60. The summed E-state index contributed by atoms with van der Waals surface area (Å²) in [6.45, 7) is 1.15. The second-order valence-electron chi connectivity index (χ2n) is 5.24. The Morgan fingerprint density at radius 3 is 2.38 bits per heavy atom. The molecule has 0 saturated carbocycles. The molecule has 0 aromatic heterocycles. The Balaban J connectivity index is 1.82. The molecule has 6 nitrogen and oxygen atoms in total. The number of carbonyl (C=O) groups is 1. The summed E-state index contributed by atoms with van der Waals surface area (Å²) in [7, 11) is -4.21. The largest absolute Gasteiger partial charge is 0.490 e. The third kappa shape index (κ3) is 5.50. The number of carbonyl (C=O) groups excluding carboxylic acids is 1. The van der Waals surface area contributed by atoms with Crippen molar-refractivity contribution in [3.8, 4) is 5.75 Å².